The van der Waals surface area contributed by atoms with E-state index in [2.05, 4.69) is 5.32 Å². The number of halogens is 3. The highest BCUT2D eigenvalue weighted by atomic mass is 19.4. The zero-order valence-corrected chi connectivity index (χ0v) is 14.2. The van der Waals surface area contributed by atoms with Gasteiger partial charge in [0.05, 0.1) is 38.3 Å². The Morgan fingerprint density at radius 2 is 1.96 bits per heavy atom. The number of alkyl halides is 3. The van der Waals surface area contributed by atoms with Crippen molar-refractivity contribution in [2.75, 3.05) is 39.2 Å². The van der Waals surface area contributed by atoms with Gasteiger partial charge in [0.2, 0.25) is 5.91 Å². The number of nitrogens with one attached hydrogen (secondary N) is 1. The molecule has 0 aliphatic carbocycles. The van der Waals surface area contributed by atoms with E-state index >= 15 is 0 Å². The average Bonchev–Trinajstić information content (AvgIpc) is 2.99. The Balaban J connectivity index is 2.06. The van der Waals surface area contributed by atoms with E-state index in [4.69, 9.17) is 14.6 Å². The molecule has 0 unspecified atom stereocenters. The molecule has 0 saturated carbocycles. The minimum absolute atomic E-state index is 0.304. The molecule has 0 radical (unpaired) electrons. The molecule has 2 atom stereocenters. The maximum absolute atomic E-state index is 13.0. The number of methoxy groups -OCH3 is 2. The molecule has 1 saturated heterocycles. The number of ether oxygens (including phenoxy) is 2. The minimum Gasteiger partial charge on any atom is -0.497 e. The van der Waals surface area contributed by atoms with Crippen LogP contribution in [-0.2, 0) is 9.59 Å². The molecule has 0 bridgehead atoms. The summed E-state index contributed by atoms with van der Waals surface area (Å²) in [6, 6.07) is 4.71. The maximum Gasteiger partial charge on any atom is 0.393 e. The molecule has 26 heavy (non-hydrogen) atoms. The lowest BCUT2D eigenvalue weighted by Gasteiger charge is -2.18. The van der Waals surface area contributed by atoms with Crippen LogP contribution in [0.1, 0.15) is 0 Å². The van der Waals surface area contributed by atoms with E-state index < -0.39 is 36.4 Å². The molecule has 1 aliphatic rings. The van der Waals surface area contributed by atoms with Crippen molar-refractivity contribution in [1.82, 2.24) is 4.90 Å². The number of aliphatic carboxylic acids is 1. The summed E-state index contributed by atoms with van der Waals surface area (Å²) in [5.41, 5.74) is 0.304. The van der Waals surface area contributed by atoms with Crippen molar-refractivity contribution in [1.29, 1.82) is 0 Å². The van der Waals surface area contributed by atoms with Crippen LogP contribution >= 0.6 is 0 Å². The quantitative estimate of drug-likeness (QED) is 0.788. The van der Waals surface area contributed by atoms with E-state index in [9.17, 15) is 22.8 Å². The van der Waals surface area contributed by atoms with Crippen molar-refractivity contribution in [3.8, 4) is 11.5 Å². The fourth-order valence-electron chi connectivity index (χ4n) is 2.90. The normalized spacial score (nSPS) is 20.7. The second kappa shape index (κ2) is 7.81. The number of likely N-dealkylation sites (tertiary alicyclic amines) is 1. The van der Waals surface area contributed by atoms with Gasteiger partial charge >= 0.3 is 12.1 Å². The van der Waals surface area contributed by atoms with Crippen LogP contribution in [-0.4, -0.2) is 61.9 Å². The van der Waals surface area contributed by atoms with Crippen LogP contribution in [0, 0.1) is 11.8 Å². The summed E-state index contributed by atoms with van der Waals surface area (Å²) in [6.45, 7) is -1.25. The first-order valence-electron chi connectivity index (χ1n) is 7.69. The van der Waals surface area contributed by atoms with Gasteiger partial charge in [0.25, 0.3) is 0 Å². The summed E-state index contributed by atoms with van der Waals surface area (Å²) in [5, 5.41) is 11.5. The van der Waals surface area contributed by atoms with Gasteiger partial charge in [-0.05, 0) is 12.1 Å². The second-order valence-electron chi connectivity index (χ2n) is 5.90. The van der Waals surface area contributed by atoms with E-state index in [0.717, 1.165) is 0 Å². The van der Waals surface area contributed by atoms with Crippen molar-refractivity contribution in [2.24, 2.45) is 11.8 Å². The van der Waals surface area contributed by atoms with E-state index in [-0.39, 0.29) is 13.1 Å². The first-order valence-corrected chi connectivity index (χ1v) is 7.69. The van der Waals surface area contributed by atoms with Crippen LogP contribution in [0.2, 0.25) is 0 Å². The molecule has 1 aliphatic heterocycles. The molecule has 2 N–H and O–H groups in total. The third-order valence-electron chi connectivity index (χ3n) is 4.18. The van der Waals surface area contributed by atoms with E-state index in [1.807, 2.05) is 0 Å². The van der Waals surface area contributed by atoms with Crippen LogP contribution in [0.15, 0.2) is 18.2 Å². The van der Waals surface area contributed by atoms with Gasteiger partial charge in [-0.2, -0.15) is 13.2 Å². The highest BCUT2D eigenvalue weighted by molar-refractivity contribution is 5.94. The van der Waals surface area contributed by atoms with Crippen LogP contribution in [0.3, 0.4) is 0 Å². The molecule has 1 fully saturated rings. The monoisotopic (exact) mass is 376 g/mol. The number of benzene rings is 1. The van der Waals surface area contributed by atoms with Crippen molar-refractivity contribution in [3.63, 3.8) is 0 Å². The molecule has 0 spiro atoms. The minimum atomic E-state index is -4.63. The number of hydrogen-bond donors (Lipinski definition) is 2. The zero-order chi connectivity index (χ0) is 19.5. The highest BCUT2D eigenvalue weighted by Crippen LogP contribution is 2.37. The van der Waals surface area contributed by atoms with Crippen LogP contribution in [0.4, 0.5) is 18.9 Å². The number of nitrogens with zero attached hydrogens (tertiary/aromatic N) is 1. The van der Waals surface area contributed by atoms with Crippen LogP contribution in [0.25, 0.3) is 0 Å². The van der Waals surface area contributed by atoms with E-state index in [1.165, 1.54) is 25.2 Å². The number of rotatable bonds is 6. The Morgan fingerprint density at radius 1 is 1.27 bits per heavy atom. The summed E-state index contributed by atoms with van der Waals surface area (Å²) in [4.78, 5) is 24.4. The number of carboxylic acids is 1. The van der Waals surface area contributed by atoms with E-state index in [1.54, 1.807) is 12.1 Å². The first kappa shape index (κ1) is 19.8. The van der Waals surface area contributed by atoms with Gasteiger partial charge in [-0.1, -0.05) is 0 Å². The lowest BCUT2D eigenvalue weighted by atomic mass is 9.96. The molecular formula is C16H19F3N2O5. The average molecular weight is 376 g/mol. The van der Waals surface area contributed by atoms with Gasteiger partial charge in [-0.15, -0.1) is 0 Å². The number of carbonyl (C=O) groups is 2. The molecule has 144 valence electrons. The number of amides is 1. The fraction of sp³-hybridized carbons (Fsp3) is 0.500. The van der Waals surface area contributed by atoms with Crippen LogP contribution < -0.4 is 14.8 Å². The van der Waals surface area contributed by atoms with Crippen molar-refractivity contribution in [3.05, 3.63) is 18.2 Å². The second-order valence-corrected chi connectivity index (χ2v) is 5.90. The Hall–Kier alpha value is -2.49. The third kappa shape index (κ3) is 4.57. The van der Waals surface area contributed by atoms with Gasteiger partial charge in [0.15, 0.2) is 0 Å². The standard InChI is InChI=1S/C16H19F3N2O5/c1-25-9-3-4-13(26-2)12(5-9)20-14(22)8-21-6-10(15(23)24)11(7-21)16(17,18)19/h3-5,10-11H,6-8H2,1-2H3,(H,20,22)(H,23,24)/t10-,11-/m1/s1. The van der Waals surface area contributed by atoms with Gasteiger partial charge < -0.3 is 19.9 Å². The Kier molecular flexibility index (Phi) is 5.96. The van der Waals surface area contributed by atoms with Gasteiger partial charge in [-0.3, -0.25) is 14.5 Å². The topological polar surface area (TPSA) is 88.1 Å². The van der Waals surface area contributed by atoms with E-state index in [0.29, 0.717) is 17.2 Å². The zero-order valence-electron chi connectivity index (χ0n) is 14.2. The smallest absolute Gasteiger partial charge is 0.393 e. The summed E-state index contributed by atoms with van der Waals surface area (Å²) < 4.78 is 49.1. The number of anilines is 1. The fourth-order valence-corrected chi connectivity index (χ4v) is 2.90. The highest BCUT2D eigenvalue weighted by Gasteiger charge is 2.52. The van der Waals surface area contributed by atoms with Crippen molar-refractivity contribution in [2.45, 2.75) is 6.18 Å². The Labute approximate surface area is 147 Å². The summed E-state index contributed by atoms with van der Waals surface area (Å²) in [5.74, 6) is -4.87. The van der Waals surface area contributed by atoms with Gasteiger partial charge in [0, 0.05) is 19.2 Å². The Bertz CT molecular complexity index is 680. The lowest BCUT2D eigenvalue weighted by molar-refractivity contribution is -0.188. The molecule has 10 heteroatoms. The maximum atomic E-state index is 13.0. The lowest BCUT2D eigenvalue weighted by Crippen LogP contribution is -2.34. The first-order chi connectivity index (χ1) is 12.2. The largest absolute Gasteiger partial charge is 0.497 e. The molecule has 1 aromatic rings. The van der Waals surface area contributed by atoms with Crippen molar-refractivity contribution < 1.29 is 37.3 Å². The molecule has 2 rings (SSSR count). The predicted molar refractivity (Wildman–Crippen MR) is 85.3 cm³/mol. The summed E-state index contributed by atoms with van der Waals surface area (Å²) >= 11 is 0. The van der Waals surface area contributed by atoms with Crippen LogP contribution in [0.5, 0.6) is 11.5 Å². The number of carbonyl (C=O) groups excluding carboxylic acids is 1. The molecular weight excluding hydrogens is 357 g/mol. The number of carboxylic acid groups (broad SMARTS) is 1. The number of hydrogen-bond acceptors (Lipinski definition) is 5. The van der Waals surface area contributed by atoms with Crippen molar-refractivity contribution >= 4 is 17.6 Å². The SMILES string of the molecule is COc1ccc(OC)c(NC(=O)CN2C[C@@H](C(F)(F)F)[C@H](C(=O)O)C2)c1. The van der Waals surface area contributed by atoms with Gasteiger partial charge in [-0.25, -0.2) is 0 Å². The summed E-state index contributed by atoms with van der Waals surface area (Å²) in [7, 11) is 2.85. The summed E-state index contributed by atoms with van der Waals surface area (Å²) in [6.07, 6.45) is -4.63. The molecule has 0 aromatic heterocycles. The predicted octanol–water partition coefficient (Wildman–Crippen LogP) is 1.84. The van der Waals surface area contributed by atoms with Gasteiger partial charge in [0.1, 0.15) is 11.5 Å². The molecule has 1 aromatic carbocycles. The Morgan fingerprint density at radius 3 is 2.46 bits per heavy atom. The molecule has 1 amide bonds. The molecule has 7 nitrogen and oxygen atoms in total. The third-order valence-corrected chi connectivity index (χ3v) is 4.18. The molecule has 1 heterocycles.